The van der Waals surface area contributed by atoms with Gasteiger partial charge in [-0.1, -0.05) is 6.07 Å². The first kappa shape index (κ1) is 14.5. The third-order valence-electron chi connectivity index (χ3n) is 3.34. The highest BCUT2D eigenvalue weighted by atomic mass is 16.5. The van der Waals surface area contributed by atoms with Crippen LogP contribution in [0.25, 0.3) is 0 Å². The van der Waals surface area contributed by atoms with Gasteiger partial charge >= 0.3 is 0 Å². The minimum absolute atomic E-state index is 0.141. The van der Waals surface area contributed by atoms with Gasteiger partial charge in [0.2, 0.25) is 5.88 Å². The quantitative estimate of drug-likeness (QED) is 0.921. The van der Waals surface area contributed by atoms with Crippen molar-refractivity contribution in [2.45, 2.75) is 40.2 Å². The average Bonchev–Trinajstić information content (AvgIpc) is 2.36. The number of nitrogens with zero attached hydrogens (tertiary/aromatic N) is 1. The maximum Gasteiger partial charge on any atom is 0.222 e. The van der Waals surface area contributed by atoms with Gasteiger partial charge in [0.1, 0.15) is 5.75 Å². The molecule has 0 saturated heterocycles. The molecule has 0 spiro atoms. The van der Waals surface area contributed by atoms with Gasteiger partial charge in [0.25, 0.3) is 0 Å². The molecule has 0 aliphatic carbocycles. The Hall–Kier alpha value is -1.87. The molecular formula is C17H22N2O. The first-order chi connectivity index (χ1) is 9.45. The van der Waals surface area contributed by atoms with Gasteiger partial charge in [-0.05, 0) is 69.0 Å². The van der Waals surface area contributed by atoms with Gasteiger partial charge in [0.05, 0.1) is 0 Å². The van der Waals surface area contributed by atoms with E-state index in [-0.39, 0.29) is 6.04 Å². The molecule has 20 heavy (non-hydrogen) atoms. The predicted molar refractivity (Wildman–Crippen MR) is 82.3 cm³/mol. The van der Waals surface area contributed by atoms with Crippen molar-refractivity contribution in [3.8, 4) is 11.6 Å². The van der Waals surface area contributed by atoms with Gasteiger partial charge in [-0.2, -0.15) is 0 Å². The zero-order valence-corrected chi connectivity index (χ0v) is 12.6. The van der Waals surface area contributed by atoms with Crippen molar-refractivity contribution in [3.05, 3.63) is 52.7 Å². The molecule has 0 fully saturated rings. The molecule has 3 heteroatoms. The zero-order valence-electron chi connectivity index (χ0n) is 12.6. The van der Waals surface area contributed by atoms with E-state index in [1.54, 1.807) is 0 Å². The van der Waals surface area contributed by atoms with E-state index in [4.69, 9.17) is 10.5 Å². The molecule has 0 saturated carbocycles. The third kappa shape index (κ3) is 3.58. The lowest BCUT2D eigenvalue weighted by molar-refractivity contribution is 0.457. The van der Waals surface area contributed by atoms with Crippen LogP contribution in [0.4, 0.5) is 0 Å². The lowest BCUT2D eigenvalue weighted by atomic mass is 10.1. The van der Waals surface area contributed by atoms with Crippen LogP contribution in [0, 0.1) is 20.8 Å². The Morgan fingerprint density at radius 3 is 2.45 bits per heavy atom. The van der Waals surface area contributed by atoms with E-state index in [1.165, 1.54) is 11.1 Å². The van der Waals surface area contributed by atoms with Crippen LogP contribution in [0.15, 0.2) is 30.5 Å². The fourth-order valence-electron chi connectivity index (χ4n) is 2.10. The van der Waals surface area contributed by atoms with Gasteiger partial charge in [-0.15, -0.1) is 0 Å². The molecule has 1 heterocycles. The Balaban J connectivity index is 2.19. The molecule has 106 valence electrons. The summed E-state index contributed by atoms with van der Waals surface area (Å²) in [7, 11) is 0. The summed E-state index contributed by atoms with van der Waals surface area (Å²) in [6.07, 6.45) is 2.67. The topological polar surface area (TPSA) is 48.1 Å². The Bertz CT molecular complexity index is 606. The number of aromatic nitrogens is 1. The minimum atomic E-state index is 0.141. The van der Waals surface area contributed by atoms with Crippen LogP contribution in [-0.4, -0.2) is 11.0 Å². The highest BCUT2D eigenvalue weighted by Gasteiger charge is 2.06. The molecule has 0 amide bonds. The first-order valence-corrected chi connectivity index (χ1v) is 6.92. The molecule has 1 aromatic carbocycles. The normalized spacial score (nSPS) is 12.2. The van der Waals surface area contributed by atoms with Crippen molar-refractivity contribution in [2.75, 3.05) is 0 Å². The summed E-state index contributed by atoms with van der Waals surface area (Å²) in [5.41, 5.74) is 10.5. The van der Waals surface area contributed by atoms with E-state index in [9.17, 15) is 0 Å². The summed E-state index contributed by atoms with van der Waals surface area (Å²) in [6.45, 7) is 8.17. The second-order valence-electron chi connectivity index (χ2n) is 5.50. The number of hydrogen-bond donors (Lipinski definition) is 1. The van der Waals surface area contributed by atoms with E-state index in [2.05, 4.69) is 31.0 Å². The Kier molecular flexibility index (Phi) is 4.40. The summed E-state index contributed by atoms with van der Waals surface area (Å²) >= 11 is 0. The van der Waals surface area contributed by atoms with Gasteiger partial charge in [-0.3, -0.25) is 0 Å². The molecule has 3 nitrogen and oxygen atoms in total. The Morgan fingerprint density at radius 2 is 1.85 bits per heavy atom. The maximum absolute atomic E-state index is 5.86. The summed E-state index contributed by atoms with van der Waals surface area (Å²) in [5.74, 6) is 1.48. The van der Waals surface area contributed by atoms with Crippen LogP contribution in [0.2, 0.25) is 0 Å². The highest BCUT2D eigenvalue weighted by Crippen LogP contribution is 2.25. The molecule has 2 aromatic rings. The number of ether oxygens (including phenoxy) is 1. The fraction of sp³-hybridized carbons (Fsp3) is 0.353. The summed E-state index contributed by atoms with van der Waals surface area (Å²) in [4.78, 5) is 4.40. The molecule has 0 aliphatic heterocycles. The smallest absolute Gasteiger partial charge is 0.222 e. The number of hydrogen-bond acceptors (Lipinski definition) is 3. The van der Waals surface area contributed by atoms with E-state index in [0.29, 0.717) is 5.88 Å². The van der Waals surface area contributed by atoms with Crippen molar-refractivity contribution in [1.82, 2.24) is 4.98 Å². The van der Waals surface area contributed by atoms with Crippen molar-refractivity contribution in [2.24, 2.45) is 5.73 Å². The minimum Gasteiger partial charge on any atom is -0.439 e. The highest BCUT2D eigenvalue weighted by molar-refractivity contribution is 5.38. The Morgan fingerprint density at radius 1 is 1.10 bits per heavy atom. The number of aryl methyl sites for hydroxylation is 3. The van der Waals surface area contributed by atoms with Crippen molar-refractivity contribution >= 4 is 0 Å². The van der Waals surface area contributed by atoms with Gasteiger partial charge in [-0.25, -0.2) is 4.98 Å². The van der Waals surface area contributed by atoms with Crippen LogP contribution in [0.1, 0.15) is 29.2 Å². The first-order valence-electron chi connectivity index (χ1n) is 6.92. The molecule has 0 aliphatic rings. The SMILES string of the molecule is Cc1ccc(Oc2ncc(CC(C)N)cc2C)cc1C. The summed E-state index contributed by atoms with van der Waals surface area (Å²) in [6, 6.07) is 8.30. The van der Waals surface area contributed by atoms with Gasteiger partial charge in [0.15, 0.2) is 0 Å². The second kappa shape index (κ2) is 6.06. The molecule has 2 rings (SSSR count). The lowest BCUT2D eigenvalue weighted by Gasteiger charge is -2.11. The maximum atomic E-state index is 5.86. The van der Waals surface area contributed by atoms with Gasteiger partial charge in [0, 0.05) is 17.8 Å². The molecule has 0 bridgehead atoms. The van der Waals surface area contributed by atoms with E-state index in [1.807, 2.05) is 32.2 Å². The van der Waals surface area contributed by atoms with Crippen molar-refractivity contribution in [3.63, 3.8) is 0 Å². The van der Waals surface area contributed by atoms with Crippen LogP contribution < -0.4 is 10.5 Å². The van der Waals surface area contributed by atoms with Crippen molar-refractivity contribution < 1.29 is 4.74 Å². The summed E-state index contributed by atoms with van der Waals surface area (Å²) < 4.78 is 5.86. The molecule has 1 atom stereocenters. The largest absolute Gasteiger partial charge is 0.439 e. The summed E-state index contributed by atoms with van der Waals surface area (Å²) in [5, 5.41) is 0. The Labute approximate surface area is 120 Å². The molecule has 0 radical (unpaired) electrons. The van der Waals surface area contributed by atoms with Crippen LogP contribution in [0.3, 0.4) is 0 Å². The molecule has 2 N–H and O–H groups in total. The number of rotatable bonds is 4. The van der Waals surface area contributed by atoms with E-state index < -0.39 is 0 Å². The second-order valence-corrected chi connectivity index (χ2v) is 5.50. The monoisotopic (exact) mass is 270 g/mol. The molecule has 1 aromatic heterocycles. The average molecular weight is 270 g/mol. The van der Waals surface area contributed by atoms with Crippen molar-refractivity contribution in [1.29, 1.82) is 0 Å². The number of benzene rings is 1. The van der Waals surface area contributed by atoms with E-state index >= 15 is 0 Å². The predicted octanol–water partition coefficient (Wildman–Crippen LogP) is 3.69. The van der Waals surface area contributed by atoms with Crippen LogP contribution >= 0.6 is 0 Å². The van der Waals surface area contributed by atoms with Crippen LogP contribution in [-0.2, 0) is 6.42 Å². The van der Waals surface area contributed by atoms with Crippen LogP contribution in [0.5, 0.6) is 11.6 Å². The molecule has 1 unspecified atom stereocenters. The van der Waals surface area contributed by atoms with E-state index in [0.717, 1.165) is 23.3 Å². The number of nitrogens with two attached hydrogens (primary N) is 1. The standard InChI is InChI=1S/C17H22N2O/c1-11-5-6-16(8-12(11)2)20-17-13(3)7-15(10-19-17)9-14(4)18/h5-8,10,14H,9,18H2,1-4H3. The van der Waals surface area contributed by atoms with Gasteiger partial charge < -0.3 is 10.5 Å². The zero-order chi connectivity index (χ0) is 14.7. The number of pyridine rings is 1. The lowest BCUT2D eigenvalue weighted by Crippen LogP contribution is -2.17. The molecular weight excluding hydrogens is 248 g/mol. The third-order valence-corrected chi connectivity index (χ3v) is 3.34. The fourth-order valence-corrected chi connectivity index (χ4v) is 2.10.